The number of amides is 2. The van der Waals surface area contributed by atoms with E-state index in [9.17, 15) is 4.79 Å². The van der Waals surface area contributed by atoms with Crippen molar-refractivity contribution in [2.75, 3.05) is 19.7 Å². The molecule has 1 fully saturated rings. The largest absolute Gasteiger partial charge is 0.376 e. The Morgan fingerprint density at radius 1 is 1.37 bits per heavy atom. The molecule has 1 atom stereocenters. The van der Waals surface area contributed by atoms with Gasteiger partial charge < -0.3 is 19.5 Å². The monoisotopic (exact) mass is 372 g/mol. The molecule has 7 nitrogen and oxygen atoms in total. The molecule has 2 heterocycles. The van der Waals surface area contributed by atoms with Gasteiger partial charge in [-0.3, -0.25) is 0 Å². The van der Waals surface area contributed by atoms with E-state index in [-0.39, 0.29) is 18.0 Å². The number of nitrogens with zero attached hydrogens (tertiary/aromatic N) is 3. The molecule has 7 heteroatoms. The summed E-state index contributed by atoms with van der Waals surface area (Å²) >= 11 is 0. The molecule has 146 valence electrons. The molecular formula is C20H28N4O3. The maximum Gasteiger partial charge on any atom is 0.317 e. The lowest BCUT2D eigenvalue weighted by molar-refractivity contribution is 0.122. The van der Waals surface area contributed by atoms with Crippen molar-refractivity contribution in [2.24, 2.45) is 0 Å². The van der Waals surface area contributed by atoms with E-state index in [0.717, 1.165) is 24.9 Å². The van der Waals surface area contributed by atoms with Crippen molar-refractivity contribution in [3.63, 3.8) is 0 Å². The standard InChI is InChI=1S/C20H28N4O3/c1-15(2)21-20(25)24-11-6-9-17(13-24)19-22-18(23-27-19)10-12-26-14-16-7-4-3-5-8-16/h3-5,7-8,15,17H,6,9-14H2,1-2H3,(H,21,25). The number of piperidine rings is 1. The molecule has 1 aliphatic rings. The van der Waals surface area contributed by atoms with Crippen LogP contribution in [0.25, 0.3) is 0 Å². The van der Waals surface area contributed by atoms with Gasteiger partial charge in [0.05, 0.1) is 19.1 Å². The van der Waals surface area contributed by atoms with Crippen molar-refractivity contribution in [1.29, 1.82) is 0 Å². The zero-order valence-corrected chi connectivity index (χ0v) is 16.1. The van der Waals surface area contributed by atoms with Gasteiger partial charge in [0.15, 0.2) is 5.82 Å². The number of benzene rings is 1. The maximum absolute atomic E-state index is 12.2. The average molecular weight is 372 g/mol. The predicted octanol–water partition coefficient (Wildman–Crippen LogP) is 3.13. The van der Waals surface area contributed by atoms with Gasteiger partial charge in [0.1, 0.15) is 0 Å². The highest BCUT2D eigenvalue weighted by molar-refractivity contribution is 5.74. The number of hydrogen-bond acceptors (Lipinski definition) is 5. The Balaban J connectivity index is 1.46. The van der Waals surface area contributed by atoms with Crippen molar-refractivity contribution in [3.05, 3.63) is 47.6 Å². The van der Waals surface area contributed by atoms with Crippen LogP contribution >= 0.6 is 0 Å². The van der Waals surface area contributed by atoms with Gasteiger partial charge in [-0.1, -0.05) is 35.5 Å². The molecule has 0 aliphatic carbocycles. The molecule has 0 bridgehead atoms. The van der Waals surface area contributed by atoms with Gasteiger partial charge in [0, 0.05) is 25.6 Å². The Labute approximate surface area is 160 Å². The van der Waals surface area contributed by atoms with Crippen molar-refractivity contribution < 1.29 is 14.1 Å². The molecule has 0 saturated carbocycles. The van der Waals surface area contributed by atoms with Crippen LogP contribution in [0, 0.1) is 0 Å². The van der Waals surface area contributed by atoms with Crippen LogP contribution in [0.5, 0.6) is 0 Å². The molecule has 1 aromatic heterocycles. The molecule has 1 aromatic carbocycles. The fraction of sp³-hybridized carbons (Fsp3) is 0.550. The van der Waals surface area contributed by atoms with Crippen LogP contribution < -0.4 is 5.32 Å². The first-order chi connectivity index (χ1) is 13.1. The number of aromatic nitrogens is 2. The van der Waals surface area contributed by atoms with E-state index < -0.39 is 0 Å². The Hall–Kier alpha value is -2.41. The van der Waals surface area contributed by atoms with Crippen LogP contribution in [0.3, 0.4) is 0 Å². The molecule has 2 aromatic rings. The predicted molar refractivity (Wildman–Crippen MR) is 101 cm³/mol. The van der Waals surface area contributed by atoms with Gasteiger partial charge in [-0.2, -0.15) is 4.98 Å². The normalized spacial score (nSPS) is 17.3. The van der Waals surface area contributed by atoms with E-state index in [0.29, 0.717) is 37.9 Å². The zero-order chi connectivity index (χ0) is 19.1. The zero-order valence-electron chi connectivity index (χ0n) is 16.1. The van der Waals surface area contributed by atoms with Crippen molar-refractivity contribution in [1.82, 2.24) is 20.4 Å². The van der Waals surface area contributed by atoms with E-state index in [1.165, 1.54) is 0 Å². The second-order valence-electron chi connectivity index (χ2n) is 7.23. The van der Waals surface area contributed by atoms with E-state index in [2.05, 4.69) is 15.5 Å². The quantitative estimate of drug-likeness (QED) is 0.755. The first-order valence-corrected chi connectivity index (χ1v) is 9.61. The summed E-state index contributed by atoms with van der Waals surface area (Å²) < 4.78 is 11.1. The molecule has 1 unspecified atom stereocenters. The first kappa shape index (κ1) is 19.4. The third-order valence-corrected chi connectivity index (χ3v) is 4.54. The molecule has 0 spiro atoms. The Kier molecular flexibility index (Phi) is 6.81. The van der Waals surface area contributed by atoms with Crippen LogP contribution in [0.4, 0.5) is 4.79 Å². The third-order valence-electron chi connectivity index (χ3n) is 4.54. The summed E-state index contributed by atoms with van der Waals surface area (Å²) in [6, 6.07) is 10.2. The average Bonchev–Trinajstić information content (AvgIpc) is 3.15. The van der Waals surface area contributed by atoms with Crippen LogP contribution in [-0.4, -0.2) is 46.8 Å². The molecule has 27 heavy (non-hydrogen) atoms. The summed E-state index contributed by atoms with van der Waals surface area (Å²) in [5.74, 6) is 1.38. The minimum atomic E-state index is -0.0243. The number of carbonyl (C=O) groups excluding carboxylic acids is 1. The molecule has 3 rings (SSSR count). The smallest absolute Gasteiger partial charge is 0.317 e. The van der Waals surface area contributed by atoms with Crippen LogP contribution in [0.2, 0.25) is 0 Å². The third kappa shape index (κ3) is 5.79. The van der Waals surface area contributed by atoms with Crippen molar-refractivity contribution in [2.45, 2.75) is 51.7 Å². The van der Waals surface area contributed by atoms with E-state index in [1.54, 1.807) is 0 Å². The fourth-order valence-electron chi connectivity index (χ4n) is 3.16. The minimum Gasteiger partial charge on any atom is -0.376 e. The van der Waals surface area contributed by atoms with Gasteiger partial charge in [-0.15, -0.1) is 0 Å². The second-order valence-corrected chi connectivity index (χ2v) is 7.23. The lowest BCUT2D eigenvalue weighted by Crippen LogP contribution is -2.47. The Bertz CT molecular complexity index is 717. The van der Waals surface area contributed by atoms with Gasteiger partial charge in [0.25, 0.3) is 0 Å². The fourth-order valence-corrected chi connectivity index (χ4v) is 3.16. The first-order valence-electron chi connectivity index (χ1n) is 9.61. The number of nitrogens with one attached hydrogen (secondary N) is 1. The summed E-state index contributed by atoms with van der Waals surface area (Å²) in [4.78, 5) is 18.6. The molecule has 0 radical (unpaired) electrons. The van der Waals surface area contributed by atoms with E-state index in [4.69, 9.17) is 9.26 Å². The van der Waals surface area contributed by atoms with Gasteiger partial charge in [0.2, 0.25) is 5.89 Å². The summed E-state index contributed by atoms with van der Waals surface area (Å²) in [6.07, 6.45) is 2.51. The maximum atomic E-state index is 12.2. The Morgan fingerprint density at radius 3 is 2.96 bits per heavy atom. The summed E-state index contributed by atoms with van der Waals surface area (Å²) in [5.41, 5.74) is 1.15. The highest BCUT2D eigenvalue weighted by Gasteiger charge is 2.28. The van der Waals surface area contributed by atoms with Crippen molar-refractivity contribution >= 4 is 6.03 Å². The van der Waals surface area contributed by atoms with Gasteiger partial charge in [-0.25, -0.2) is 4.79 Å². The topological polar surface area (TPSA) is 80.5 Å². The summed E-state index contributed by atoms with van der Waals surface area (Å²) in [7, 11) is 0. The SMILES string of the molecule is CC(C)NC(=O)N1CCCC(c2nc(CCOCc3ccccc3)no2)C1. The van der Waals surface area contributed by atoms with Crippen LogP contribution in [0.1, 0.15) is 49.9 Å². The molecule has 1 N–H and O–H groups in total. The number of likely N-dealkylation sites (tertiary alicyclic amines) is 1. The number of urea groups is 1. The number of hydrogen-bond donors (Lipinski definition) is 1. The van der Waals surface area contributed by atoms with Crippen LogP contribution in [0.15, 0.2) is 34.9 Å². The lowest BCUT2D eigenvalue weighted by Gasteiger charge is -2.31. The molecule has 1 saturated heterocycles. The van der Waals surface area contributed by atoms with Crippen molar-refractivity contribution in [3.8, 4) is 0 Å². The van der Waals surface area contributed by atoms with Gasteiger partial charge in [-0.05, 0) is 32.3 Å². The molecule has 1 aliphatic heterocycles. The molecule has 2 amide bonds. The summed E-state index contributed by atoms with van der Waals surface area (Å²) in [6.45, 7) is 6.43. The van der Waals surface area contributed by atoms with Crippen LogP contribution in [-0.2, 0) is 17.8 Å². The minimum absolute atomic E-state index is 0.0243. The second kappa shape index (κ2) is 9.50. The number of carbonyl (C=O) groups is 1. The van der Waals surface area contributed by atoms with E-state index >= 15 is 0 Å². The Morgan fingerprint density at radius 2 is 2.19 bits per heavy atom. The van der Waals surface area contributed by atoms with E-state index in [1.807, 2.05) is 49.1 Å². The lowest BCUT2D eigenvalue weighted by atomic mass is 9.98. The highest BCUT2D eigenvalue weighted by Crippen LogP contribution is 2.25. The number of ether oxygens (including phenoxy) is 1. The number of rotatable bonds is 7. The van der Waals surface area contributed by atoms with Gasteiger partial charge >= 0.3 is 6.03 Å². The highest BCUT2D eigenvalue weighted by atomic mass is 16.5. The summed E-state index contributed by atoms with van der Waals surface area (Å²) in [5, 5.41) is 7.01. The molecular weight excluding hydrogens is 344 g/mol.